The van der Waals surface area contributed by atoms with E-state index < -0.39 is 11.3 Å². The third-order valence-electron chi connectivity index (χ3n) is 4.23. The maximum atomic E-state index is 12.8. The fraction of sp³-hybridized carbons (Fsp3) is 0.222. The van der Waals surface area contributed by atoms with E-state index in [0.717, 1.165) is 11.1 Å². The van der Waals surface area contributed by atoms with Crippen molar-refractivity contribution in [2.45, 2.75) is 18.3 Å². The number of Topliss-reactive ketones (excluding diaryl/α,β-unsaturated/α-hetero) is 1. The fourth-order valence-electron chi connectivity index (χ4n) is 3.22. The van der Waals surface area contributed by atoms with Crippen LogP contribution in [-0.4, -0.2) is 5.78 Å². The molecule has 20 heavy (non-hydrogen) atoms. The molecule has 2 nitrogen and oxygen atoms in total. The Bertz CT molecular complexity index is 615. The molecule has 3 rings (SSSR count). The number of nitriles is 1. The Morgan fingerprint density at radius 3 is 1.85 bits per heavy atom. The molecule has 0 aromatic heterocycles. The minimum Gasteiger partial charge on any atom is -0.297 e. The molecule has 1 aliphatic rings. The first kappa shape index (κ1) is 12.6. The summed E-state index contributed by atoms with van der Waals surface area (Å²) in [6, 6.07) is 21.8. The van der Waals surface area contributed by atoms with Crippen molar-refractivity contribution in [1.29, 1.82) is 5.26 Å². The number of benzene rings is 2. The SMILES string of the molecule is N#CC1CCC(c2ccccc2)(c2ccccc2)C1=O. The molecule has 0 aliphatic heterocycles. The first-order valence-corrected chi connectivity index (χ1v) is 6.84. The zero-order valence-corrected chi connectivity index (χ0v) is 11.1. The minimum atomic E-state index is -0.650. The first-order valence-electron chi connectivity index (χ1n) is 6.84. The molecule has 0 radical (unpaired) electrons. The summed E-state index contributed by atoms with van der Waals surface area (Å²) >= 11 is 0. The largest absolute Gasteiger partial charge is 0.297 e. The van der Waals surface area contributed by atoms with E-state index >= 15 is 0 Å². The predicted octanol–water partition coefficient (Wildman–Crippen LogP) is 3.48. The van der Waals surface area contributed by atoms with Crippen LogP contribution in [0.4, 0.5) is 0 Å². The summed E-state index contributed by atoms with van der Waals surface area (Å²) in [6.45, 7) is 0. The zero-order chi connectivity index (χ0) is 14.0. The third kappa shape index (κ3) is 1.75. The van der Waals surface area contributed by atoms with Crippen molar-refractivity contribution in [2.75, 3.05) is 0 Å². The van der Waals surface area contributed by atoms with Crippen LogP contribution >= 0.6 is 0 Å². The highest BCUT2D eigenvalue weighted by Gasteiger charge is 2.50. The van der Waals surface area contributed by atoms with Gasteiger partial charge in [-0.25, -0.2) is 0 Å². The smallest absolute Gasteiger partial charge is 0.164 e. The number of ketones is 1. The van der Waals surface area contributed by atoms with Gasteiger partial charge in [-0.2, -0.15) is 5.26 Å². The van der Waals surface area contributed by atoms with Gasteiger partial charge in [-0.05, 0) is 24.0 Å². The number of carbonyl (C=O) groups excluding carboxylic acids is 1. The van der Waals surface area contributed by atoms with Gasteiger partial charge in [0.05, 0.1) is 11.5 Å². The number of hydrogen-bond acceptors (Lipinski definition) is 2. The molecule has 1 fully saturated rings. The molecule has 98 valence electrons. The molecular formula is C18H15NO. The zero-order valence-electron chi connectivity index (χ0n) is 11.1. The summed E-state index contributed by atoms with van der Waals surface area (Å²) in [4.78, 5) is 12.8. The maximum Gasteiger partial charge on any atom is 0.164 e. The molecule has 0 saturated heterocycles. The third-order valence-corrected chi connectivity index (χ3v) is 4.23. The van der Waals surface area contributed by atoms with Crippen LogP contribution in [0.2, 0.25) is 0 Å². The van der Waals surface area contributed by atoms with Crippen molar-refractivity contribution in [3.63, 3.8) is 0 Å². The summed E-state index contributed by atoms with van der Waals surface area (Å²) in [5.41, 5.74) is 1.34. The van der Waals surface area contributed by atoms with Gasteiger partial charge >= 0.3 is 0 Å². The van der Waals surface area contributed by atoms with Crippen molar-refractivity contribution in [3.8, 4) is 6.07 Å². The van der Waals surface area contributed by atoms with E-state index in [0.29, 0.717) is 12.8 Å². The van der Waals surface area contributed by atoms with Gasteiger partial charge in [0.15, 0.2) is 5.78 Å². The second-order valence-corrected chi connectivity index (χ2v) is 5.22. The molecule has 1 saturated carbocycles. The van der Waals surface area contributed by atoms with Gasteiger partial charge < -0.3 is 0 Å². The van der Waals surface area contributed by atoms with Crippen LogP contribution in [0.15, 0.2) is 60.7 Å². The topological polar surface area (TPSA) is 40.9 Å². The second-order valence-electron chi connectivity index (χ2n) is 5.22. The molecule has 1 unspecified atom stereocenters. The van der Waals surface area contributed by atoms with Crippen LogP contribution in [0.3, 0.4) is 0 Å². The molecule has 0 bridgehead atoms. The van der Waals surface area contributed by atoms with Crippen LogP contribution in [0.5, 0.6) is 0 Å². The number of carbonyl (C=O) groups is 1. The van der Waals surface area contributed by atoms with E-state index in [2.05, 4.69) is 6.07 Å². The van der Waals surface area contributed by atoms with Gasteiger partial charge in [-0.3, -0.25) is 4.79 Å². The van der Waals surface area contributed by atoms with Crippen LogP contribution < -0.4 is 0 Å². The quantitative estimate of drug-likeness (QED) is 0.830. The average Bonchev–Trinajstić information content (AvgIpc) is 2.87. The highest BCUT2D eigenvalue weighted by molar-refractivity contribution is 5.99. The summed E-state index contributed by atoms with van der Waals surface area (Å²) in [7, 11) is 0. The molecule has 0 amide bonds. The number of nitrogens with zero attached hydrogens (tertiary/aromatic N) is 1. The summed E-state index contributed by atoms with van der Waals surface area (Å²) in [5, 5.41) is 9.19. The highest BCUT2D eigenvalue weighted by atomic mass is 16.1. The van der Waals surface area contributed by atoms with Gasteiger partial charge in [-0.1, -0.05) is 60.7 Å². The first-order chi connectivity index (χ1) is 9.79. The van der Waals surface area contributed by atoms with Gasteiger partial charge in [-0.15, -0.1) is 0 Å². The lowest BCUT2D eigenvalue weighted by Gasteiger charge is -2.29. The van der Waals surface area contributed by atoms with Crippen LogP contribution in [-0.2, 0) is 10.2 Å². The molecule has 0 heterocycles. The van der Waals surface area contributed by atoms with Crippen LogP contribution in [0, 0.1) is 17.2 Å². The van der Waals surface area contributed by atoms with Crippen molar-refractivity contribution >= 4 is 5.78 Å². The normalized spacial score (nSPS) is 20.6. The summed E-state index contributed by atoms with van der Waals surface area (Å²) < 4.78 is 0. The van der Waals surface area contributed by atoms with E-state index in [1.54, 1.807) is 0 Å². The van der Waals surface area contributed by atoms with Crippen molar-refractivity contribution in [2.24, 2.45) is 5.92 Å². The van der Waals surface area contributed by atoms with E-state index in [4.69, 9.17) is 0 Å². The number of rotatable bonds is 2. The Balaban J connectivity index is 2.21. The lowest BCUT2D eigenvalue weighted by Crippen LogP contribution is -2.34. The minimum absolute atomic E-state index is 0.0393. The maximum absolute atomic E-state index is 12.8. The Kier molecular flexibility index (Phi) is 3.12. The monoisotopic (exact) mass is 261 g/mol. The lowest BCUT2D eigenvalue weighted by molar-refractivity contribution is -0.122. The Hall–Kier alpha value is -2.40. The Morgan fingerprint density at radius 2 is 1.45 bits per heavy atom. The van der Waals surface area contributed by atoms with E-state index in [9.17, 15) is 10.1 Å². The molecule has 1 aliphatic carbocycles. The average molecular weight is 261 g/mol. The van der Waals surface area contributed by atoms with Crippen LogP contribution in [0.25, 0.3) is 0 Å². The van der Waals surface area contributed by atoms with Gasteiger partial charge in [0.1, 0.15) is 5.92 Å². The highest BCUT2D eigenvalue weighted by Crippen LogP contribution is 2.45. The lowest BCUT2D eigenvalue weighted by atomic mass is 9.72. The Morgan fingerprint density at radius 1 is 0.950 bits per heavy atom. The summed E-state index contributed by atoms with van der Waals surface area (Å²) in [6.07, 6.45) is 1.34. The van der Waals surface area contributed by atoms with Crippen molar-refractivity contribution in [3.05, 3.63) is 71.8 Å². The molecule has 2 aromatic carbocycles. The standard InChI is InChI=1S/C18H15NO/c19-13-14-11-12-18(17(14)20,15-7-3-1-4-8-15)16-9-5-2-6-10-16/h1-10,14H,11-12H2. The van der Waals surface area contributed by atoms with E-state index in [-0.39, 0.29) is 5.78 Å². The van der Waals surface area contributed by atoms with E-state index in [1.165, 1.54) is 0 Å². The van der Waals surface area contributed by atoms with Crippen LogP contribution in [0.1, 0.15) is 24.0 Å². The predicted molar refractivity (Wildman–Crippen MR) is 77.0 cm³/mol. The van der Waals surface area contributed by atoms with E-state index in [1.807, 2.05) is 60.7 Å². The Labute approximate surface area is 118 Å². The van der Waals surface area contributed by atoms with Crippen molar-refractivity contribution < 1.29 is 4.79 Å². The molecule has 2 heteroatoms. The van der Waals surface area contributed by atoms with Gasteiger partial charge in [0.25, 0.3) is 0 Å². The van der Waals surface area contributed by atoms with Gasteiger partial charge in [0.2, 0.25) is 0 Å². The molecular weight excluding hydrogens is 246 g/mol. The number of hydrogen-bond donors (Lipinski definition) is 0. The molecule has 1 atom stereocenters. The van der Waals surface area contributed by atoms with Crippen molar-refractivity contribution in [1.82, 2.24) is 0 Å². The second kappa shape index (κ2) is 4.94. The molecule has 0 spiro atoms. The fourth-order valence-corrected chi connectivity index (χ4v) is 3.22. The molecule has 2 aromatic rings. The summed E-state index contributed by atoms with van der Waals surface area (Å²) in [5.74, 6) is -0.451. The molecule has 0 N–H and O–H groups in total. The van der Waals surface area contributed by atoms with Gasteiger partial charge in [0, 0.05) is 0 Å².